The van der Waals surface area contributed by atoms with Gasteiger partial charge in [0.25, 0.3) is 0 Å². The Balaban J connectivity index is 1.30. The summed E-state index contributed by atoms with van der Waals surface area (Å²) >= 11 is 1.60. The van der Waals surface area contributed by atoms with E-state index in [0.29, 0.717) is 13.2 Å². The van der Waals surface area contributed by atoms with Gasteiger partial charge in [-0.25, -0.2) is 4.98 Å². The van der Waals surface area contributed by atoms with E-state index in [1.165, 1.54) is 0 Å². The van der Waals surface area contributed by atoms with Crippen LogP contribution < -0.4 is 14.8 Å². The van der Waals surface area contributed by atoms with E-state index in [2.05, 4.69) is 25.1 Å². The molecule has 1 aliphatic rings. The van der Waals surface area contributed by atoms with E-state index < -0.39 is 0 Å². The fraction of sp³-hybridized carbons (Fsp3) is 0.353. The molecular weight excluding hydrogens is 338 g/mol. The Morgan fingerprint density at radius 2 is 2.04 bits per heavy atom. The van der Waals surface area contributed by atoms with Crippen LogP contribution in [0, 0.1) is 0 Å². The van der Waals surface area contributed by atoms with Crippen LogP contribution in [0.15, 0.2) is 29.6 Å². The first-order valence-electron chi connectivity index (χ1n) is 8.18. The van der Waals surface area contributed by atoms with Gasteiger partial charge in [0.05, 0.1) is 19.3 Å². The van der Waals surface area contributed by atoms with Gasteiger partial charge in [0, 0.05) is 18.3 Å². The molecule has 0 amide bonds. The number of anilines is 1. The minimum Gasteiger partial charge on any atom is -0.497 e. The van der Waals surface area contributed by atoms with Gasteiger partial charge in [-0.1, -0.05) is 0 Å². The minimum atomic E-state index is 0.456. The molecule has 0 radical (unpaired) electrons. The predicted molar refractivity (Wildman–Crippen MR) is 95.1 cm³/mol. The van der Waals surface area contributed by atoms with E-state index in [0.717, 1.165) is 53.4 Å². The van der Waals surface area contributed by atoms with Gasteiger partial charge in [0.15, 0.2) is 0 Å². The summed E-state index contributed by atoms with van der Waals surface area (Å²) < 4.78 is 13.0. The van der Waals surface area contributed by atoms with Gasteiger partial charge in [-0.2, -0.15) is 0 Å². The van der Waals surface area contributed by atoms with E-state index in [4.69, 9.17) is 9.47 Å². The molecule has 0 fully saturated rings. The van der Waals surface area contributed by atoms with Gasteiger partial charge >= 0.3 is 0 Å². The Morgan fingerprint density at radius 1 is 1.20 bits per heavy atom. The molecule has 1 N–H and O–H groups in total. The maximum atomic E-state index is 5.76. The summed E-state index contributed by atoms with van der Waals surface area (Å²) in [5.41, 5.74) is 0.980. The largest absolute Gasteiger partial charge is 0.497 e. The molecular formula is C17H19N5O2S. The van der Waals surface area contributed by atoms with Crippen LogP contribution in [0.3, 0.4) is 0 Å². The molecule has 0 atom stereocenters. The maximum Gasteiger partial charge on any atom is 0.224 e. The van der Waals surface area contributed by atoms with Crippen molar-refractivity contribution in [2.24, 2.45) is 0 Å². The number of aryl methyl sites for hydroxylation is 1. The van der Waals surface area contributed by atoms with Crippen molar-refractivity contribution in [3.05, 3.63) is 46.2 Å². The lowest BCUT2D eigenvalue weighted by molar-refractivity contribution is 0.304. The number of benzene rings is 1. The summed E-state index contributed by atoms with van der Waals surface area (Å²) in [6.45, 7) is 2.08. The van der Waals surface area contributed by atoms with Crippen LogP contribution in [0.5, 0.6) is 11.5 Å². The first-order chi connectivity index (χ1) is 12.3. The van der Waals surface area contributed by atoms with Crippen molar-refractivity contribution in [3.63, 3.8) is 0 Å². The highest BCUT2D eigenvalue weighted by atomic mass is 32.1. The Hall–Kier alpha value is -2.61. The molecule has 1 aromatic carbocycles. The third kappa shape index (κ3) is 3.58. The number of aromatic nitrogens is 4. The molecule has 0 spiro atoms. The molecule has 2 aromatic heterocycles. The van der Waals surface area contributed by atoms with E-state index in [1.807, 2.05) is 29.6 Å². The van der Waals surface area contributed by atoms with Crippen molar-refractivity contribution in [2.45, 2.75) is 32.5 Å². The first kappa shape index (κ1) is 15.9. The Kier molecular flexibility index (Phi) is 4.51. The summed E-state index contributed by atoms with van der Waals surface area (Å²) in [6, 6.07) is 7.54. The van der Waals surface area contributed by atoms with Crippen LogP contribution in [0.1, 0.15) is 22.9 Å². The van der Waals surface area contributed by atoms with Crippen molar-refractivity contribution in [2.75, 3.05) is 12.4 Å². The van der Waals surface area contributed by atoms with Gasteiger partial charge in [-0.15, -0.1) is 21.5 Å². The van der Waals surface area contributed by atoms with Crippen LogP contribution in [0.4, 0.5) is 5.95 Å². The van der Waals surface area contributed by atoms with Crippen molar-refractivity contribution >= 4 is 17.3 Å². The average molecular weight is 357 g/mol. The van der Waals surface area contributed by atoms with E-state index in [-0.39, 0.29) is 0 Å². The smallest absolute Gasteiger partial charge is 0.224 e. The highest BCUT2D eigenvalue weighted by Gasteiger charge is 2.17. The van der Waals surface area contributed by atoms with Gasteiger partial charge in [-0.05, 0) is 30.7 Å². The molecule has 3 heterocycles. The third-order valence-corrected chi connectivity index (χ3v) is 4.93. The first-order valence-corrected chi connectivity index (χ1v) is 9.06. The van der Waals surface area contributed by atoms with Gasteiger partial charge in [0.2, 0.25) is 5.95 Å². The predicted octanol–water partition coefficient (Wildman–Crippen LogP) is 2.88. The van der Waals surface area contributed by atoms with Gasteiger partial charge in [0.1, 0.15) is 28.9 Å². The number of rotatable bonds is 7. The van der Waals surface area contributed by atoms with Gasteiger partial charge < -0.3 is 14.8 Å². The number of hydrogen-bond donors (Lipinski definition) is 1. The SMILES string of the molecule is COc1ccc(OCc2nc(CNc3nnc4n3CCC4)cs2)cc1. The molecule has 0 unspecified atom stereocenters. The number of ether oxygens (including phenoxy) is 2. The van der Waals surface area contributed by atoms with Crippen molar-refractivity contribution in [3.8, 4) is 11.5 Å². The zero-order valence-corrected chi connectivity index (χ0v) is 14.8. The number of nitrogens with one attached hydrogen (secondary N) is 1. The zero-order valence-electron chi connectivity index (χ0n) is 13.9. The second-order valence-corrected chi connectivity index (χ2v) is 6.69. The Morgan fingerprint density at radius 3 is 2.88 bits per heavy atom. The number of methoxy groups -OCH3 is 1. The third-order valence-electron chi connectivity index (χ3n) is 4.06. The molecule has 3 aromatic rings. The standard InChI is InChI=1S/C17H19N5O2S/c1-23-13-4-6-14(7-5-13)24-10-16-19-12(11-25-16)9-18-17-21-20-15-3-2-8-22(15)17/h4-7,11H,2-3,8-10H2,1H3,(H,18,21). The normalized spacial score (nSPS) is 12.8. The molecule has 0 bridgehead atoms. The van der Waals surface area contributed by atoms with E-state index in [1.54, 1.807) is 18.4 Å². The summed E-state index contributed by atoms with van der Waals surface area (Å²) in [4.78, 5) is 4.60. The second kappa shape index (κ2) is 7.10. The molecule has 0 saturated heterocycles. The van der Waals surface area contributed by atoms with Crippen LogP contribution in [0.25, 0.3) is 0 Å². The number of fused-ring (bicyclic) bond motifs is 1. The molecule has 0 saturated carbocycles. The fourth-order valence-corrected chi connectivity index (χ4v) is 3.47. The Labute approximate surface area is 149 Å². The molecule has 130 valence electrons. The van der Waals surface area contributed by atoms with E-state index >= 15 is 0 Å². The van der Waals surface area contributed by atoms with Gasteiger partial charge in [-0.3, -0.25) is 4.57 Å². The summed E-state index contributed by atoms with van der Waals surface area (Å²) in [5.74, 6) is 3.51. The summed E-state index contributed by atoms with van der Waals surface area (Å²) in [6.07, 6.45) is 2.15. The van der Waals surface area contributed by atoms with E-state index in [9.17, 15) is 0 Å². The Bertz CT molecular complexity index is 843. The lowest BCUT2D eigenvalue weighted by Gasteiger charge is -2.05. The highest BCUT2D eigenvalue weighted by molar-refractivity contribution is 7.09. The quantitative estimate of drug-likeness (QED) is 0.701. The molecule has 0 aliphatic carbocycles. The van der Waals surface area contributed by atoms with Crippen LogP contribution in [-0.2, 0) is 26.1 Å². The molecule has 7 nitrogen and oxygen atoms in total. The number of thiazole rings is 1. The topological polar surface area (TPSA) is 74.1 Å². The lowest BCUT2D eigenvalue weighted by atomic mass is 10.3. The molecule has 25 heavy (non-hydrogen) atoms. The molecule has 8 heteroatoms. The van der Waals surface area contributed by atoms with Crippen molar-refractivity contribution < 1.29 is 9.47 Å². The molecule has 1 aliphatic heterocycles. The summed E-state index contributed by atoms with van der Waals surface area (Å²) in [7, 11) is 1.65. The molecule has 4 rings (SSSR count). The number of hydrogen-bond acceptors (Lipinski definition) is 7. The minimum absolute atomic E-state index is 0.456. The lowest BCUT2D eigenvalue weighted by Crippen LogP contribution is -2.07. The zero-order chi connectivity index (χ0) is 17.1. The van der Waals surface area contributed by atoms with Crippen LogP contribution >= 0.6 is 11.3 Å². The second-order valence-electron chi connectivity index (χ2n) is 5.75. The van der Waals surface area contributed by atoms with Crippen molar-refractivity contribution in [1.29, 1.82) is 0 Å². The highest BCUT2D eigenvalue weighted by Crippen LogP contribution is 2.20. The van der Waals surface area contributed by atoms with Crippen molar-refractivity contribution in [1.82, 2.24) is 19.7 Å². The monoisotopic (exact) mass is 357 g/mol. The summed E-state index contributed by atoms with van der Waals surface area (Å²) in [5, 5.41) is 14.7. The van der Waals surface area contributed by atoms with Crippen LogP contribution in [-0.4, -0.2) is 26.9 Å². The maximum absolute atomic E-state index is 5.76. The average Bonchev–Trinajstić information content (AvgIpc) is 3.36. The number of nitrogens with zero attached hydrogens (tertiary/aromatic N) is 4. The van der Waals surface area contributed by atoms with Crippen LogP contribution in [0.2, 0.25) is 0 Å². The fourth-order valence-electron chi connectivity index (χ4n) is 2.76.